The van der Waals surface area contributed by atoms with Crippen molar-refractivity contribution in [3.8, 4) is 0 Å². The van der Waals surface area contributed by atoms with Gasteiger partial charge in [-0.15, -0.1) is 11.8 Å². The van der Waals surface area contributed by atoms with Crippen LogP contribution in [0.25, 0.3) is 0 Å². The maximum Gasteiger partial charge on any atom is 0.235 e. The SMILES string of the molecule is Cc1cc(NC(=O)CSCC(=O)N2CCCC(C)C2)no1. The van der Waals surface area contributed by atoms with Crippen LogP contribution < -0.4 is 5.32 Å². The molecule has 21 heavy (non-hydrogen) atoms. The van der Waals surface area contributed by atoms with Gasteiger partial charge in [0.2, 0.25) is 11.8 Å². The first-order valence-electron chi connectivity index (χ1n) is 7.13. The lowest BCUT2D eigenvalue weighted by atomic mass is 10.0. The van der Waals surface area contributed by atoms with Gasteiger partial charge in [0.25, 0.3) is 0 Å². The van der Waals surface area contributed by atoms with Gasteiger partial charge in [-0.2, -0.15) is 0 Å². The average molecular weight is 311 g/mol. The fraction of sp³-hybridized carbons (Fsp3) is 0.643. The van der Waals surface area contributed by atoms with Crippen molar-refractivity contribution in [1.82, 2.24) is 10.1 Å². The highest BCUT2D eigenvalue weighted by Crippen LogP contribution is 2.16. The van der Waals surface area contributed by atoms with Gasteiger partial charge < -0.3 is 14.7 Å². The summed E-state index contributed by atoms with van der Waals surface area (Å²) in [5, 5.41) is 6.32. The molecule has 2 amide bonds. The topological polar surface area (TPSA) is 75.4 Å². The Bertz CT molecular complexity index is 503. The van der Waals surface area contributed by atoms with E-state index < -0.39 is 0 Å². The van der Waals surface area contributed by atoms with Crippen LogP contribution in [0.15, 0.2) is 10.6 Å². The summed E-state index contributed by atoms with van der Waals surface area (Å²) >= 11 is 1.33. The molecule has 1 atom stereocenters. The van der Waals surface area contributed by atoms with Crippen LogP contribution in [0.3, 0.4) is 0 Å². The van der Waals surface area contributed by atoms with Gasteiger partial charge in [0.1, 0.15) is 5.76 Å². The van der Waals surface area contributed by atoms with Crippen molar-refractivity contribution >= 4 is 29.4 Å². The molecule has 116 valence electrons. The Morgan fingerprint density at radius 3 is 3.00 bits per heavy atom. The summed E-state index contributed by atoms with van der Waals surface area (Å²) in [5.74, 6) is 2.16. The van der Waals surface area contributed by atoms with E-state index in [1.807, 2.05) is 4.90 Å². The fourth-order valence-corrected chi connectivity index (χ4v) is 3.06. The molecule has 1 aromatic heterocycles. The van der Waals surface area contributed by atoms with Crippen molar-refractivity contribution < 1.29 is 14.1 Å². The molecule has 0 aliphatic carbocycles. The standard InChI is InChI=1S/C14H21N3O3S/c1-10-4-3-5-17(7-10)14(19)9-21-8-13(18)15-12-6-11(2)20-16-12/h6,10H,3-5,7-9H2,1-2H3,(H,15,16,18). The van der Waals surface area contributed by atoms with E-state index in [1.54, 1.807) is 13.0 Å². The van der Waals surface area contributed by atoms with Crippen LogP contribution in [-0.2, 0) is 9.59 Å². The van der Waals surface area contributed by atoms with E-state index in [2.05, 4.69) is 17.4 Å². The molecule has 2 heterocycles. The molecule has 1 unspecified atom stereocenters. The van der Waals surface area contributed by atoms with Crippen molar-refractivity contribution in [2.75, 3.05) is 29.9 Å². The summed E-state index contributed by atoms with van der Waals surface area (Å²) in [4.78, 5) is 25.6. The minimum absolute atomic E-state index is 0.122. The quantitative estimate of drug-likeness (QED) is 0.899. The van der Waals surface area contributed by atoms with E-state index in [-0.39, 0.29) is 17.6 Å². The molecule has 0 saturated carbocycles. The van der Waals surface area contributed by atoms with Crippen LogP contribution in [0.5, 0.6) is 0 Å². The highest BCUT2D eigenvalue weighted by Gasteiger charge is 2.20. The van der Waals surface area contributed by atoms with Gasteiger partial charge in [-0.25, -0.2) is 0 Å². The minimum atomic E-state index is -0.173. The van der Waals surface area contributed by atoms with Gasteiger partial charge >= 0.3 is 0 Å². The van der Waals surface area contributed by atoms with Crippen molar-refractivity contribution in [2.24, 2.45) is 5.92 Å². The average Bonchev–Trinajstić information content (AvgIpc) is 2.84. The predicted molar refractivity (Wildman–Crippen MR) is 82.2 cm³/mol. The molecule has 0 aromatic carbocycles. The summed E-state index contributed by atoms with van der Waals surface area (Å²) in [6, 6.07) is 1.66. The first-order valence-corrected chi connectivity index (χ1v) is 8.28. The zero-order valence-electron chi connectivity index (χ0n) is 12.4. The van der Waals surface area contributed by atoms with E-state index >= 15 is 0 Å². The zero-order chi connectivity index (χ0) is 15.2. The number of hydrogen-bond donors (Lipinski definition) is 1. The Morgan fingerprint density at radius 1 is 1.52 bits per heavy atom. The molecule has 1 saturated heterocycles. The highest BCUT2D eigenvalue weighted by atomic mass is 32.2. The van der Waals surface area contributed by atoms with Crippen LogP contribution in [0, 0.1) is 12.8 Å². The largest absolute Gasteiger partial charge is 0.360 e. The molecular weight excluding hydrogens is 290 g/mol. The van der Waals surface area contributed by atoms with E-state index in [4.69, 9.17) is 4.52 Å². The third-order valence-corrected chi connectivity index (χ3v) is 4.28. The molecule has 0 bridgehead atoms. The molecule has 1 fully saturated rings. The Balaban J connectivity index is 1.66. The molecule has 1 N–H and O–H groups in total. The monoisotopic (exact) mass is 311 g/mol. The number of aromatic nitrogens is 1. The number of carbonyl (C=O) groups excluding carboxylic acids is 2. The number of rotatable bonds is 5. The van der Waals surface area contributed by atoms with Crippen LogP contribution >= 0.6 is 11.8 Å². The first kappa shape index (κ1) is 15.9. The minimum Gasteiger partial charge on any atom is -0.360 e. The van der Waals surface area contributed by atoms with Gasteiger partial charge in [-0.1, -0.05) is 12.1 Å². The number of amides is 2. The van der Waals surface area contributed by atoms with Crippen molar-refractivity contribution in [3.05, 3.63) is 11.8 Å². The van der Waals surface area contributed by atoms with E-state index in [9.17, 15) is 9.59 Å². The lowest BCUT2D eigenvalue weighted by Crippen LogP contribution is -2.40. The smallest absolute Gasteiger partial charge is 0.235 e. The summed E-state index contributed by atoms with van der Waals surface area (Å²) in [6.45, 7) is 5.60. The van der Waals surface area contributed by atoms with Crippen LogP contribution in [-0.4, -0.2) is 46.5 Å². The number of thioether (sulfide) groups is 1. The lowest BCUT2D eigenvalue weighted by Gasteiger charge is -2.30. The van der Waals surface area contributed by atoms with Gasteiger partial charge in [0.05, 0.1) is 11.5 Å². The Morgan fingerprint density at radius 2 is 2.33 bits per heavy atom. The number of hydrogen-bond acceptors (Lipinski definition) is 5. The van der Waals surface area contributed by atoms with Crippen molar-refractivity contribution in [3.63, 3.8) is 0 Å². The fourth-order valence-electron chi connectivity index (χ4n) is 2.34. The molecule has 0 spiro atoms. The maximum atomic E-state index is 12.0. The second-order valence-electron chi connectivity index (χ2n) is 5.45. The van der Waals surface area contributed by atoms with Crippen LogP contribution in [0.4, 0.5) is 5.82 Å². The zero-order valence-corrected chi connectivity index (χ0v) is 13.2. The van der Waals surface area contributed by atoms with E-state index in [0.717, 1.165) is 19.5 Å². The number of carbonyl (C=O) groups is 2. The number of likely N-dealkylation sites (tertiary alicyclic amines) is 1. The molecule has 1 aliphatic rings. The number of nitrogens with one attached hydrogen (secondary N) is 1. The Kier molecular flexibility index (Phi) is 5.67. The number of piperidine rings is 1. The van der Waals surface area contributed by atoms with Crippen molar-refractivity contribution in [2.45, 2.75) is 26.7 Å². The molecule has 2 rings (SSSR count). The Labute approximate surface area is 128 Å². The van der Waals surface area contributed by atoms with Gasteiger partial charge in [0, 0.05) is 19.2 Å². The van der Waals surface area contributed by atoms with Crippen molar-refractivity contribution in [1.29, 1.82) is 0 Å². The maximum absolute atomic E-state index is 12.0. The molecule has 7 heteroatoms. The van der Waals surface area contributed by atoms with Gasteiger partial charge in [-0.3, -0.25) is 9.59 Å². The Hall–Kier alpha value is -1.50. The normalized spacial score (nSPS) is 18.6. The van der Waals surface area contributed by atoms with E-state index in [0.29, 0.717) is 23.2 Å². The molecule has 6 nitrogen and oxygen atoms in total. The number of nitrogens with zero attached hydrogens (tertiary/aromatic N) is 2. The second-order valence-corrected chi connectivity index (χ2v) is 6.44. The lowest BCUT2D eigenvalue weighted by molar-refractivity contribution is -0.130. The van der Waals surface area contributed by atoms with E-state index in [1.165, 1.54) is 18.2 Å². The third-order valence-electron chi connectivity index (χ3n) is 3.36. The molecular formula is C14H21N3O3S. The van der Waals surface area contributed by atoms with Gasteiger partial charge in [0.15, 0.2) is 5.82 Å². The van der Waals surface area contributed by atoms with Gasteiger partial charge in [-0.05, 0) is 25.7 Å². The first-order chi connectivity index (χ1) is 10.0. The summed E-state index contributed by atoms with van der Waals surface area (Å²) in [7, 11) is 0. The summed E-state index contributed by atoms with van der Waals surface area (Å²) in [5.41, 5.74) is 0. The number of aryl methyl sites for hydroxylation is 1. The third kappa shape index (κ3) is 5.08. The number of anilines is 1. The van der Waals surface area contributed by atoms with Crippen LogP contribution in [0.1, 0.15) is 25.5 Å². The summed E-state index contributed by atoms with van der Waals surface area (Å²) < 4.78 is 4.87. The predicted octanol–water partition coefficient (Wildman–Crippen LogP) is 1.91. The summed E-state index contributed by atoms with van der Waals surface area (Å²) in [6.07, 6.45) is 2.26. The highest BCUT2D eigenvalue weighted by molar-refractivity contribution is 8.00. The second kappa shape index (κ2) is 7.49. The molecule has 0 radical (unpaired) electrons. The molecule has 1 aromatic rings. The molecule has 1 aliphatic heterocycles. The van der Waals surface area contributed by atoms with Crippen LogP contribution in [0.2, 0.25) is 0 Å².